The van der Waals surface area contributed by atoms with Crippen molar-refractivity contribution in [1.82, 2.24) is 29.7 Å². The zero-order chi connectivity index (χ0) is 22.2. The highest BCUT2D eigenvalue weighted by atomic mass is 127. The van der Waals surface area contributed by atoms with Crippen molar-refractivity contribution in [2.75, 3.05) is 39.3 Å². The number of piperazine rings is 1. The Morgan fingerprint density at radius 3 is 2.48 bits per heavy atom. The highest BCUT2D eigenvalue weighted by Crippen LogP contribution is 2.25. The number of aliphatic imine (C=N–C) groups is 1. The average molecular weight is 562 g/mol. The Morgan fingerprint density at radius 1 is 1.00 bits per heavy atom. The van der Waals surface area contributed by atoms with Gasteiger partial charge in [-0.15, -0.1) is 34.2 Å². The molecule has 8 heteroatoms. The zero-order valence-electron chi connectivity index (χ0n) is 19.7. The van der Waals surface area contributed by atoms with Crippen LogP contribution in [0.15, 0.2) is 59.7 Å². The van der Waals surface area contributed by atoms with Crippen molar-refractivity contribution < 1.29 is 0 Å². The number of guanidine groups is 1. The summed E-state index contributed by atoms with van der Waals surface area (Å²) in [5.41, 5.74) is 2.32. The van der Waals surface area contributed by atoms with Gasteiger partial charge in [-0.1, -0.05) is 43.3 Å². The second-order valence-electron chi connectivity index (χ2n) is 8.24. The Labute approximate surface area is 214 Å². The number of pyridine rings is 1. The summed E-state index contributed by atoms with van der Waals surface area (Å²) in [6, 6.07) is 17.4. The van der Waals surface area contributed by atoms with Gasteiger partial charge in [0, 0.05) is 57.9 Å². The van der Waals surface area contributed by atoms with Crippen LogP contribution in [0, 0.1) is 0 Å². The second kappa shape index (κ2) is 12.9. The van der Waals surface area contributed by atoms with Crippen LogP contribution in [0.2, 0.25) is 0 Å². The molecule has 3 heterocycles. The van der Waals surface area contributed by atoms with Crippen LogP contribution in [0.25, 0.3) is 5.65 Å². The van der Waals surface area contributed by atoms with E-state index in [1.165, 1.54) is 5.56 Å². The normalized spacial score (nSPS) is 15.9. The third-order valence-electron chi connectivity index (χ3n) is 6.16. The molecule has 2 aromatic heterocycles. The standard InChI is InChI=1S/C25H35N7.HI/c1-3-22(21-11-6-5-7-12-21)30-17-19-31(20-18-30)25(26-4-2)27-15-10-14-24-29-28-23-13-8-9-16-32(23)24;/h5-9,11-13,16,22H,3-4,10,14-15,17-20H2,1-2H3,(H,26,27);1H. The molecule has 7 nitrogen and oxygen atoms in total. The van der Waals surface area contributed by atoms with Gasteiger partial charge in [-0.25, -0.2) is 0 Å². The fourth-order valence-electron chi connectivity index (χ4n) is 4.53. The minimum absolute atomic E-state index is 0. The third kappa shape index (κ3) is 6.44. The van der Waals surface area contributed by atoms with Crippen molar-refractivity contribution in [1.29, 1.82) is 0 Å². The Kier molecular flexibility index (Phi) is 9.93. The number of rotatable bonds is 8. The molecule has 0 saturated carbocycles. The number of hydrogen-bond acceptors (Lipinski definition) is 4. The van der Waals surface area contributed by atoms with Crippen LogP contribution < -0.4 is 5.32 Å². The molecule has 1 unspecified atom stereocenters. The van der Waals surface area contributed by atoms with E-state index in [0.717, 1.165) is 76.0 Å². The molecular weight excluding hydrogens is 525 g/mol. The van der Waals surface area contributed by atoms with E-state index in [2.05, 4.69) is 73.9 Å². The minimum atomic E-state index is 0. The molecule has 1 atom stereocenters. The van der Waals surface area contributed by atoms with Crippen molar-refractivity contribution >= 4 is 35.6 Å². The summed E-state index contributed by atoms with van der Waals surface area (Å²) in [7, 11) is 0. The number of nitrogens with zero attached hydrogens (tertiary/aromatic N) is 6. The number of aromatic nitrogens is 3. The van der Waals surface area contributed by atoms with Gasteiger partial charge in [-0.05, 0) is 37.5 Å². The molecule has 0 spiro atoms. The predicted molar refractivity (Wildman–Crippen MR) is 145 cm³/mol. The number of benzene rings is 1. The van der Waals surface area contributed by atoms with Crippen LogP contribution in [0.5, 0.6) is 0 Å². The van der Waals surface area contributed by atoms with Crippen molar-refractivity contribution in [2.24, 2.45) is 4.99 Å². The summed E-state index contributed by atoms with van der Waals surface area (Å²) in [4.78, 5) is 9.94. The number of nitrogens with one attached hydrogen (secondary N) is 1. The maximum atomic E-state index is 4.92. The summed E-state index contributed by atoms with van der Waals surface area (Å²) < 4.78 is 2.06. The first-order chi connectivity index (χ1) is 15.8. The van der Waals surface area contributed by atoms with Gasteiger partial charge in [0.25, 0.3) is 0 Å². The van der Waals surface area contributed by atoms with Gasteiger partial charge in [-0.3, -0.25) is 14.3 Å². The molecule has 3 aromatic rings. The van der Waals surface area contributed by atoms with Crippen LogP contribution in [-0.2, 0) is 6.42 Å². The summed E-state index contributed by atoms with van der Waals surface area (Å²) in [5, 5.41) is 12.1. The topological polar surface area (TPSA) is 61.1 Å². The Balaban J connectivity index is 0.00000306. The van der Waals surface area contributed by atoms with Crippen LogP contribution in [0.4, 0.5) is 0 Å². The van der Waals surface area contributed by atoms with E-state index >= 15 is 0 Å². The lowest BCUT2D eigenvalue weighted by molar-refractivity contribution is 0.127. The van der Waals surface area contributed by atoms with Gasteiger partial charge in [0.05, 0.1) is 0 Å². The van der Waals surface area contributed by atoms with Gasteiger partial charge in [0.1, 0.15) is 5.82 Å². The predicted octanol–water partition coefficient (Wildman–Crippen LogP) is 4.01. The van der Waals surface area contributed by atoms with E-state index in [0.29, 0.717) is 6.04 Å². The molecule has 0 bridgehead atoms. The smallest absolute Gasteiger partial charge is 0.194 e. The summed E-state index contributed by atoms with van der Waals surface area (Å²) in [6.07, 6.45) is 4.99. The molecule has 1 fully saturated rings. The quantitative estimate of drug-likeness (QED) is 0.195. The molecule has 33 heavy (non-hydrogen) atoms. The highest BCUT2D eigenvalue weighted by molar-refractivity contribution is 14.0. The first-order valence-electron chi connectivity index (χ1n) is 11.9. The number of aryl methyl sites for hydroxylation is 1. The molecule has 4 rings (SSSR count). The average Bonchev–Trinajstić information content (AvgIpc) is 3.26. The molecule has 1 aliphatic heterocycles. The van der Waals surface area contributed by atoms with Crippen LogP contribution in [0.3, 0.4) is 0 Å². The largest absolute Gasteiger partial charge is 0.357 e. The van der Waals surface area contributed by atoms with Crippen LogP contribution in [0.1, 0.15) is 44.1 Å². The first-order valence-corrected chi connectivity index (χ1v) is 11.9. The monoisotopic (exact) mass is 561 g/mol. The lowest BCUT2D eigenvalue weighted by Crippen LogP contribution is -2.53. The van der Waals surface area contributed by atoms with Gasteiger partial charge < -0.3 is 10.2 Å². The van der Waals surface area contributed by atoms with E-state index in [1.54, 1.807) is 0 Å². The zero-order valence-corrected chi connectivity index (χ0v) is 22.1. The molecule has 1 aliphatic rings. The number of fused-ring (bicyclic) bond motifs is 1. The Bertz CT molecular complexity index is 996. The molecule has 1 aromatic carbocycles. The second-order valence-corrected chi connectivity index (χ2v) is 8.24. The summed E-state index contributed by atoms with van der Waals surface area (Å²) in [5.74, 6) is 2.03. The fourth-order valence-corrected chi connectivity index (χ4v) is 4.53. The Hall–Kier alpha value is -2.20. The van der Waals surface area contributed by atoms with E-state index in [1.807, 2.05) is 24.4 Å². The SMILES string of the molecule is CCNC(=NCCCc1nnc2ccccn12)N1CCN(C(CC)c2ccccc2)CC1.I. The van der Waals surface area contributed by atoms with Gasteiger partial charge >= 0.3 is 0 Å². The maximum Gasteiger partial charge on any atom is 0.194 e. The molecule has 178 valence electrons. The lowest BCUT2D eigenvalue weighted by Gasteiger charge is -2.40. The summed E-state index contributed by atoms with van der Waals surface area (Å²) in [6.45, 7) is 10.2. The third-order valence-corrected chi connectivity index (χ3v) is 6.16. The molecule has 0 radical (unpaired) electrons. The minimum Gasteiger partial charge on any atom is -0.357 e. The maximum absolute atomic E-state index is 4.92. The number of hydrogen-bond donors (Lipinski definition) is 1. The van der Waals surface area contributed by atoms with Gasteiger partial charge in [0.2, 0.25) is 0 Å². The first kappa shape index (κ1) is 25.4. The molecule has 1 N–H and O–H groups in total. The molecule has 1 saturated heterocycles. The van der Waals surface area contributed by atoms with Crippen molar-refractivity contribution in [3.8, 4) is 0 Å². The molecule has 0 aliphatic carbocycles. The number of halogens is 1. The lowest BCUT2D eigenvalue weighted by atomic mass is 10.0. The van der Waals surface area contributed by atoms with Gasteiger partial charge in [-0.2, -0.15) is 0 Å². The fraction of sp³-hybridized carbons (Fsp3) is 0.480. The van der Waals surface area contributed by atoms with Crippen LogP contribution >= 0.6 is 24.0 Å². The Morgan fingerprint density at radius 2 is 1.76 bits per heavy atom. The highest BCUT2D eigenvalue weighted by Gasteiger charge is 2.25. The van der Waals surface area contributed by atoms with E-state index in [4.69, 9.17) is 4.99 Å². The van der Waals surface area contributed by atoms with E-state index < -0.39 is 0 Å². The van der Waals surface area contributed by atoms with Crippen LogP contribution in [-0.4, -0.2) is 69.6 Å². The van der Waals surface area contributed by atoms with Crippen molar-refractivity contribution in [3.05, 3.63) is 66.1 Å². The van der Waals surface area contributed by atoms with Crippen molar-refractivity contribution in [2.45, 2.75) is 39.2 Å². The molecule has 0 amide bonds. The van der Waals surface area contributed by atoms with E-state index in [9.17, 15) is 0 Å². The van der Waals surface area contributed by atoms with Gasteiger partial charge in [0.15, 0.2) is 11.6 Å². The van der Waals surface area contributed by atoms with Crippen molar-refractivity contribution in [3.63, 3.8) is 0 Å². The summed E-state index contributed by atoms with van der Waals surface area (Å²) >= 11 is 0. The van der Waals surface area contributed by atoms with E-state index in [-0.39, 0.29) is 24.0 Å². The molecular formula is C25H36IN7.